The van der Waals surface area contributed by atoms with Crippen LogP contribution in [-0.2, 0) is 0 Å². The molecule has 0 aliphatic heterocycles. The first kappa shape index (κ1) is 7.63. The SMILES string of the molecule is CC#C/[14CH]=C/c1ccccc1. The van der Waals surface area contributed by atoms with E-state index in [1.54, 1.807) is 0 Å². The fourth-order valence-electron chi connectivity index (χ4n) is 0.785. The molecular weight excluding hydrogens is 134 g/mol. The molecule has 0 N–H and O–H groups in total. The molecule has 0 nitrogen and oxygen atoms in total. The third kappa shape index (κ3) is 2.73. The maximum absolute atomic E-state index is 2.87. The van der Waals surface area contributed by atoms with Gasteiger partial charge in [-0.2, -0.15) is 0 Å². The summed E-state index contributed by atoms with van der Waals surface area (Å²) in [6.07, 6.45) is 3.85. The van der Waals surface area contributed by atoms with Crippen molar-refractivity contribution in [1.29, 1.82) is 0 Å². The summed E-state index contributed by atoms with van der Waals surface area (Å²) in [5, 5.41) is 0. The van der Waals surface area contributed by atoms with Crippen LogP contribution in [0.5, 0.6) is 0 Å². The first-order valence-electron chi connectivity index (χ1n) is 3.57. The van der Waals surface area contributed by atoms with Crippen LogP contribution in [-0.4, -0.2) is 0 Å². The Labute approximate surface area is 67.6 Å². The molecule has 1 aromatic rings. The first-order valence-corrected chi connectivity index (χ1v) is 3.57. The van der Waals surface area contributed by atoms with Gasteiger partial charge in [0.25, 0.3) is 0 Å². The maximum Gasteiger partial charge on any atom is -0.00235 e. The highest BCUT2D eigenvalue weighted by molar-refractivity contribution is 5.52. The van der Waals surface area contributed by atoms with Crippen LogP contribution in [0.2, 0.25) is 0 Å². The predicted molar refractivity (Wildman–Crippen MR) is 48.9 cm³/mol. The number of hydrogen-bond acceptors (Lipinski definition) is 0. The van der Waals surface area contributed by atoms with Crippen molar-refractivity contribution in [2.24, 2.45) is 0 Å². The zero-order valence-corrected chi connectivity index (χ0v) is 6.54. The molecule has 0 saturated heterocycles. The van der Waals surface area contributed by atoms with E-state index in [0.717, 1.165) is 0 Å². The summed E-state index contributed by atoms with van der Waals surface area (Å²) in [7, 11) is 0. The molecule has 11 heavy (non-hydrogen) atoms. The summed E-state index contributed by atoms with van der Waals surface area (Å²) in [5.74, 6) is 5.67. The number of benzene rings is 1. The highest BCUT2D eigenvalue weighted by Gasteiger charge is 1.78. The molecular formula is C11H10. The van der Waals surface area contributed by atoms with Crippen molar-refractivity contribution in [2.75, 3.05) is 0 Å². The summed E-state index contributed by atoms with van der Waals surface area (Å²) >= 11 is 0. The lowest BCUT2D eigenvalue weighted by molar-refractivity contribution is 1.66. The lowest BCUT2D eigenvalue weighted by atomic mass is 10.2. The van der Waals surface area contributed by atoms with E-state index in [9.17, 15) is 0 Å². The van der Waals surface area contributed by atoms with E-state index >= 15 is 0 Å². The van der Waals surface area contributed by atoms with E-state index < -0.39 is 0 Å². The van der Waals surface area contributed by atoms with Gasteiger partial charge in [-0.05, 0) is 24.6 Å². The Morgan fingerprint density at radius 1 is 1.27 bits per heavy atom. The van der Waals surface area contributed by atoms with Gasteiger partial charge >= 0.3 is 0 Å². The quantitative estimate of drug-likeness (QED) is 0.531. The van der Waals surface area contributed by atoms with Gasteiger partial charge in [0.15, 0.2) is 0 Å². The standard InChI is InChI=1S/C11H10/c1-2-3-5-8-11-9-6-4-7-10-11/h4-10H,1H3/b8-5+/i5+2. The normalized spacial score (nSPS) is 9.18. The minimum Gasteiger partial charge on any atom is -0.102 e. The van der Waals surface area contributed by atoms with Crippen LogP contribution in [0.4, 0.5) is 0 Å². The number of allylic oxidation sites excluding steroid dienone is 1. The maximum atomic E-state index is 2.87. The molecule has 0 unspecified atom stereocenters. The number of rotatable bonds is 1. The minimum atomic E-state index is 1.19. The Hall–Kier alpha value is -1.48. The van der Waals surface area contributed by atoms with E-state index in [4.69, 9.17) is 0 Å². The summed E-state index contributed by atoms with van der Waals surface area (Å²) in [6, 6.07) is 10.1. The van der Waals surface area contributed by atoms with Gasteiger partial charge in [-0.1, -0.05) is 36.3 Å². The van der Waals surface area contributed by atoms with Gasteiger partial charge in [-0.15, -0.1) is 5.92 Å². The van der Waals surface area contributed by atoms with Crippen molar-refractivity contribution < 1.29 is 0 Å². The fourth-order valence-corrected chi connectivity index (χ4v) is 0.785. The smallest absolute Gasteiger partial charge is 0.00235 e. The van der Waals surface area contributed by atoms with E-state index in [1.165, 1.54) is 5.56 Å². The van der Waals surface area contributed by atoms with Gasteiger partial charge in [-0.25, -0.2) is 0 Å². The van der Waals surface area contributed by atoms with Crippen molar-refractivity contribution in [3.63, 3.8) is 0 Å². The van der Waals surface area contributed by atoms with Crippen molar-refractivity contribution in [3.8, 4) is 11.8 Å². The lowest BCUT2D eigenvalue weighted by Gasteiger charge is -1.86. The average molecular weight is 144 g/mol. The summed E-state index contributed by atoms with van der Waals surface area (Å²) in [4.78, 5) is 0. The Bertz CT molecular complexity index is 283. The van der Waals surface area contributed by atoms with Crippen LogP contribution >= 0.6 is 0 Å². The molecule has 0 heterocycles. The highest BCUT2D eigenvalue weighted by Crippen LogP contribution is 1.99. The summed E-state index contributed by atoms with van der Waals surface area (Å²) in [6.45, 7) is 1.83. The Morgan fingerprint density at radius 3 is 2.64 bits per heavy atom. The van der Waals surface area contributed by atoms with Crippen LogP contribution in [0.25, 0.3) is 6.08 Å². The van der Waals surface area contributed by atoms with Crippen LogP contribution < -0.4 is 0 Å². The molecule has 0 aromatic heterocycles. The third-order valence-electron chi connectivity index (χ3n) is 1.30. The second-order valence-electron chi connectivity index (χ2n) is 2.14. The average Bonchev–Trinajstić information content (AvgIpc) is 2.07. The molecule has 1 rings (SSSR count). The van der Waals surface area contributed by atoms with Gasteiger partial charge in [0.05, 0.1) is 0 Å². The molecule has 54 valence electrons. The number of hydrogen-bond donors (Lipinski definition) is 0. The molecule has 1 aromatic carbocycles. The van der Waals surface area contributed by atoms with Crippen LogP contribution in [0.3, 0.4) is 0 Å². The molecule has 0 aliphatic carbocycles. The fraction of sp³-hybridized carbons (Fsp3) is 0.0909. The molecule has 0 fully saturated rings. The molecule has 0 amide bonds. The monoisotopic (exact) mass is 144 g/mol. The second kappa shape index (κ2) is 4.35. The van der Waals surface area contributed by atoms with Crippen molar-refractivity contribution in [3.05, 3.63) is 42.0 Å². The molecule has 0 saturated carbocycles. The highest BCUT2D eigenvalue weighted by atomic mass is 14.6. The predicted octanol–water partition coefficient (Wildman–Crippen LogP) is 2.72. The van der Waals surface area contributed by atoms with Gasteiger partial charge < -0.3 is 0 Å². The minimum absolute atomic E-state index is 1.19. The van der Waals surface area contributed by atoms with Crippen molar-refractivity contribution in [2.45, 2.75) is 6.92 Å². The first-order chi connectivity index (χ1) is 5.43. The van der Waals surface area contributed by atoms with Crippen LogP contribution in [0, 0.1) is 11.8 Å². The largest absolute Gasteiger partial charge is 0.102 e. The van der Waals surface area contributed by atoms with E-state index in [2.05, 4.69) is 11.8 Å². The zero-order valence-electron chi connectivity index (χ0n) is 6.54. The van der Waals surface area contributed by atoms with Gasteiger partial charge in [-0.3, -0.25) is 0 Å². The zero-order chi connectivity index (χ0) is 7.94. The summed E-state index contributed by atoms with van der Waals surface area (Å²) in [5.41, 5.74) is 1.19. The third-order valence-corrected chi connectivity index (χ3v) is 1.30. The molecule has 0 bridgehead atoms. The Kier molecular flexibility index (Phi) is 3.02. The lowest BCUT2D eigenvalue weighted by Crippen LogP contribution is -1.66. The summed E-state index contributed by atoms with van der Waals surface area (Å²) < 4.78 is 0. The van der Waals surface area contributed by atoms with Gasteiger partial charge in [0, 0.05) is 0 Å². The Morgan fingerprint density at radius 2 is 2.00 bits per heavy atom. The molecule has 0 radical (unpaired) electrons. The van der Waals surface area contributed by atoms with Gasteiger partial charge in [0.1, 0.15) is 0 Å². The van der Waals surface area contributed by atoms with Crippen LogP contribution in [0.15, 0.2) is 36.4 Å². The van der Waals surface area contributed by atoms with Gasteiger partial charge in [0.2, 0.25) is 0 Å². The van der Waals surface area contributed by atoms with Crippen molar-refractivity contribution >= 4 is 6.08 Å². The van der Waals surface area contributed by atoms with E-state index in [0.29, 0.717) is 0 Å². The molecule has 0 atom stereocenters. The Balaban J connectivity index is 2.69. The van der Waals surface area contributed by atoms with E-state index in [-0.39, 0.29) is 0 Å². The topological polar surface area (TPSA) is 0 Å². The van der Waals surface area contributed by atoms with Crippen LogP contribution in [0.1, 0.15) is 12.5 Å². The molecule has 0 heteroatoms. The second-order valence-corrected chi connectivity index (χ2v) is 2.14. The molecule has 0 aliphatic rings. The molecule has 0 spiro atoms. The van der Waals surface area contributed by atoms with E-state index in [1.807, 2.05) is 49.4 Å². The van der Waals surface area contributed by atoms with Crippen molar-refractivity contribution in [1.82, 2.24) is 0 Å².